The van der Waals surface area contributed by atoms with Gasteiger partial charge in [0.05, 0.1) is 13.2 Å². The minimum atomic E-state index is -0.110. The van der Waals surface area contributed by atoms with Crippen LogP contribution in [0.4, 0.5) is 5.82 Å². The number of rotatable bonds is 6. The fourth-order valence-electron chi connectivity index (χ4n) is 3.60. The minimum absolute atomic E-state index is 0.110. The van der Waals surface area contributed by atoms with E-state index in [4.69, 9.17) is 4.74 Å². The monoisotopic (exact) mass is 401 g/mol. The molecule has 150 valence electrons. The lowest BCUT2D eigenvalue weighted by atomic mass is 10.1. The summed E-state index contributed by atoms with van der Waals surface area (Å²) in [4.78, 5) is 26.1. The number of carbonyl (C=O) groups is 1. The van der Waals surface area contributed by atoms with Gasteiger partial charge in [0.25, 0.3) is 5.91 Å². The lowest BCUT2D eigenvalue weighted by molar-refractivity contribution is 0.0383. The molecule has 1 amide bonds. The zero-order valence-corrected chi connectivity index (χ0v) is 16.9. The normalized spacial score (nSPS) is 18.2. The number of nitrogens with one attached hydrogen (secondary N) is 1. The number of hydrogen-bond acceptors (Lipinski definition) is 7. The highest BCUT2D eigenvalue weighted by molar-refractivity contribution is 7.13. The first-order valence-electron chi connectivity index (χ1n) is 10.0. The average molecular weight is 402 g/mol. The van der Waals surface area contributed by atoms with Crippen LogP contribution in [0.3, 0.4) is 0 Å². The Morgan fingerprint density at radius 1 is 1.18 bits per heavy atom. The van der Waals surface area contributed by atoms with Gasteiger partial charge >= 0.3 is 0 Å². The molecule has 28 heavy (non-hydrogen) atoms. The predicted octanol–water partition coefficient (Wildman–Crippen LogP) is 2.26. The molecule has 0 saturated carbocycles. The molecule has 0 bridgehead atoms. The zero-order valence-electron chi connectivity index (χ0n) is 16.1. The Kier molecular flexibility index (Phi) is 6.51. The molecule has 7 nitrogen and oxygen atoms in total. The Labute approximate surface area is 169 Å². The summed E-state index contributed by atoms with van der Waals surface area (Å²) in [5.41, 5.74) is 1.51. The Balaban J connectivity index is 1.35. The number of carbonyl (C=O) groups excluding carboxylic acids is 1. The van der Waals surface area contributed by atoms with Crippen molar-refractivity contribution < 1.29 is 9.53 Å². The van der Waals surface area contributed by atoms with E-state index in [1.807, 2.05) is 17.6 Å². The maximum Gasteiger partial charge on any atom is 0.270 e. The van der Waals surface area contributed by atoms with Crippen LogP contribution in [0.1, 0.15) is 29.8 Å². The molecule has 8 heteroatoms. The number of ether oxygens (including phenoxy) is 1. The molecular formula is C20H27N5O2S. The summed E-state index contributed by atoms with van der Waals surface area (Å²) in [6, 6.07) is 4.05. The summed E-state index contributed by atoms with van der Waals surface area (Å²) < 4.78 is 5.34. The molecule has 0 atom stereocenters. The van der Waals surface area contributed by atoms with Crippen molar-refractivity contribution in [3.05, 3.63) is 29.4 Å². The van der Waals surface area contributed by atoms with Gasteiger partial charge in [-0.3, -0.25) is 9.69 Å². The van der Waals surface area contributed by atoms with E-state index >= 15 is 0 Å². The summed E-state index contributed by atoms with van der Waals surface area (Å²) >= 11 is 1.50. The van der Waals surface area contributed by atoms with Crippen molar-refractivity contribution in [2.45, 2.75) is 19.3 Å². The predicted molar refractivity (Wildman–Crippen MR) is 111 cm³/mol. The smallest absolute Gasteiger partial charge is 0.270 e. The molecule has 0 aliphatic carbocycles. The average Bonchev–Trinajstić information content (AvgIpc) is 3.26. The number of morpholine rings is 1. The van der Waals surface area contributed by atoms with E-state index in [0.717, 1.165) is 62.3 Å². The quantitative estimate of drug-likeness (QED) is 0.801. The number of piperidine rings is 1. The van der Waals surface area contributed by atoms with Crippen LogP contribution in [0.2, 0.25) is 0 Å². The molecule has 2 aromatic heterocycles. The van der Waals surface area contributed by atoms with E-state index in [2.05, 4.69) is 31.2 Å². The fraction of sp³-hybridized carbons (Fsp3) is 0.550. The highest BCUT2D eigenvalue weighted by Crippen LogP contribution is 2.27. The van der Waals surface area contributed by atoms with Crippen LogP contribution in [0.5, 0.6) is 0 Å². The molecule has 1 N–H and O–H groups in total. The molecule has 0 spiro atoms. The van der Waals surface area contributed by atoms with Crippen LogP contribution in [-0.2, 0) is 4.74 Å². The molecule has 2 aromatic rings. The number of hydrogen-bond donors (Lipinski definition) is 1. The number of thiazole rings is 1. The van der Waals surface area contributed by atoms with Gasteiger partial charge in [0, 0.05) is 56.4 Å². The summed E-state index contributed by atoms with van der Waals surface area (Å²) in [7, 11) is 0. The first-order chi connectivity index (χ1) is 13.8. The number of nitrogens with zero attached hydrogens (tertiary/aromatic N) is 4. The van der Waals surface area contributed by atoms with E-state index in [0.29, 0.717) is 12.2 Å². The molecule has 0 radical (unpaired) electrons. The lowest BCUT2D eigenvalue weighted by Crippen LogP contribution is -2.41. The highest BCUT2D eigenvalue weighted by Gasteiger charge is 2.16. The third-order valence-corrected chi connectivity index (χ3v) is 6.12. The van der Waals surface area contributed by atoms with Gasteiger partial charge in [0.15, 0.2) is 0 Å². The van der Waals surface area contributed by atoms with Crippen molar-refractivity contribution in [1.29, 1.82) is 0 Å². The van der Waals surface area contributed by atoms with Crippen LogP contribution in [0.25, 0.3) is 10.6 Å². The number of amides is 1. The van der Waals surface area contributed by atoms with Crippen LogP contribution < -0.4 is 10.2 Å². The third kappa shape index (κ3) is 4.87. The minimum Gasteiger partial charge on any atom is -0.379 e. The topological polar surface area (TPSA) is 70.6 Å². The van der Waals surface area contributed by atoms with Crippen LogP contribution in [0.15, 0.2) is 23.7 Å². The van der Waals surface area contributed by atoms with Gasteiger partial charge in [-0.2, -0.15) is 0 Å². The van der Waals surface area contributed by atoms with Crippen LogP contribution >= 0.6 is 11.3 Å². The molecule has 4 rings (SSSR count). The van der Waals surface area contributed by atoms with Gasteiger partial charge in [-0.25, -0.2) is 9.97 Å². The maximum atomic E-state index is 12.4. The lowest BCUT2D eigenvalue weighted by Gasteiger charge is -2.27. The van der Waals surface area contributed by atoms with E-state index < -0.39 is 0 Å². The van der Waals surface area contributed by atoms with Gasteiger partial charge < -0.3 is 15.0 Å². The maximum absolute atomic E-state index is 12.4. The summed E-state index contributed by atoms with van der Waals surface area (Å²) in [5, 5.41) is 5.67. The first kappa shape index (κ1) is 19.3. The summed E-state index contributed by atoms with van der Waals surface area (Å²) in [6.07, 6.45) is 5.57. The third-order valence-electron chi connectivity index (χ3n) is 5.23. The van der Waals surface area contributed by atoms with Crippen molar-refractivity contribution in [2.24, 2.45) is 0 Å². The van der Waals surface area contributed by atoms with Gasteiger partial charge in [-0.15, -0.1) is 11.3 Å². The second-order valence-electron chi connectivity index (χ2n) is 7.20. The molecule has 0 unspecified atom stereocenters. The number of aromatic nitrogens is 2. The summed E-state index contributed by atoms with van der Waals surface area (Å²) in [6.45, 7) is 6.99. The molecule has 2 aliphatic heterocycles. The largest absolute Gasteiger partial charge is 0.379 e. The van der Waals surface area contributed by atoms with Gasteiger partial charge in [0.2, 0.25) is 0 Å². The second kappa shape index (κ2) is 9.45. The Morgan fingerprint density at radius 2 is 2.00 bits per heavy atom. The Hall–Kier alpha value is -2.03. The zero-order chi connectivity index (χ0) is 19.2. The number of pyridine rings is 1. The van der Waals surface area contributed by atoms with Crippen molar-refractivity contribution in [3.8, 4) is 10.6 Å². The van der Waals surface area contributed by atoms with Crippen LogP contribution in [0, 0.1) is 0 Å². The van der Waals surface area contributed by atoms with E-state index in [1.54, 1.807) is 0 Å². The summed E-state index contributed by atoms with van der Waals surface area (Å²) in [5.74, 6) is 0.894. The first-order valence-corrected chi connectivity index (χ1v) is 10.9. The van der Waals surface area contributed by atoms with Crippen molar-refractivity contribution in [2.75, 3.05) is 57.4 Å². The SMILES string of the molecule is O=C(NCCN1CCOCC1)c1csc(-c2ccnc(N3CCCCC3)c2)n1. The van der Waals surface area contributed by atoms with Crippen LogP contribution in [-0.4, -0.2) is 73.3 Å². The number of anilines is 1. The molecule has 2 aliphatic rings. The highest BCUT2D eigenvalue weighted by atomic mass is 32.1. The molecule has 2 fully saturated rings. The van der Waals surface area contributed by atoms with E-state index in [9.17, 15) is 4.79 Å². The second-order valence-corrected chi connectivity index (χ2v) is 8.06. The molecular weight excluding hydrogens is 374 g/mol. The molecule has 2 saturated heterocycles. The Morgan fingerprint density at radius 3 is 2.82 bits per heavy atom. The molecule has 0 aromatic carbocycles. The van der Waals surface area contributed by atoms with Gasteiger partial charge in [0.1, 0.15) is 16.5 Å². The van der Waals surface area contributed by atoms with Crippen molar-refractivity contribution in [3.63, 3.8) is 0 Å². The van der Waals surface area contributed by atoms with Gasteiger partial charge in [-0.05, 0) is 31.4 Å². The van der Waals surface area contributed by atoms with Crippen molar-refractivity contribution >= 4 is 23.1 Å². The fourth-order valence-corrected chi connectivity index (χ4v) is 4.40. The van der Waals surface area contributed by atoms with Crippen molar-refractivity contribution in [1.82, 2.24) is 20.2 Å². The molecule has 4 heterocycles. The van der Waals surface area contributed by atoms with E-state index in [1.165, 1.54) is 30.6 Å². The van der Waals surface area contributed by atoms with E-state index in [-0.39, 0.29) is 5.91 Å². The Bertz CT molecular complexity index is 784. The standard InChI is InChI=1S/C20H27N5O2S/c26-19(22-6-9-24-10-12-27-13-11-24)17-15-28-20(23-17)16-4-5-21-18(14-16)25-7-2-1-3-8-25/h4-5,14-15H,1-3,6-13H2,(H,22,26). The van der Waals surface area contributed by atoms with Gasteiger partial charge in [-0.1, -0.05) is 0 Å².